The van der Waals surface area contributed by atoms with Gasteiger partial charge in [0.1, 0.15) is 0 Å². The van der Waals surface area contributed by atoms with E-state index >= 15 is 0 Å². The standard InChI is InChI=1S/C17H24N2O6S/c1-11(2)18(4)26(23,24)14-7-5-6-13(8-14)16(20)19-9-12(3)25-15(10-19)17(21)22/h5-8,11-12,15H,9-10H2,1-4H3,(H,21,22)/t12-,15?/m1/s1. The molecule has 26 heavy (non-hydrogen) atoms. The number of sulfonamides is 1. The van der Waals surface area contributed by atoms with Gasteiger partial charge in [0.2, 0.25) is 10.0 Å². The van der Waals surface area contributed by atoms with Crippen molar-refractivity contribution in [3.63, 3.8) is 0 Å². The van der Waals surface area contributed by atoms with Gasteiger partial charge in [0.25, 0.3) is 5.91 Å². The summed E-state index contributed by atoms with van der Waals surface area (Å²) in [5.41, 5.74) is 0.196. The molecule has 1 fully saturated rings. The number of hydrogen-bond donors (Lipinski definition) is 1. The summed E-state index contributed by atoms with van der Waals surface area (Å²) >= 11 is 0. The molecule has 0 radical (unpaired) electrons. The summed E-state index contributed by atoms with van der Waals surface area (Å²) < 4.78 is 31.8. The second kappa shape index (κ2) is 7.73. The maximum absolute atomic E-state index is 12.8. The van der Waals surface area contributed by atoms with Gasteiger partial charge in [-0.3, -0.25) is 4.79 Å². The lowest BCUT2D eigenvalue weighted by Crippen LogP contribution is -2.51. The summed E-state index contributed by atoms with van der Waals surface area (Å²) in [4.78, 5) is 25.4. The maximum atomic E-state index is 12.8. The van der Waals surface area contributed by atoms with E-state index in [9.17, 15) is 18.0 Å². The van der Waals surface area contributed by atoms with E-state index < -0.39 is 34.1 Å². The maximum Gasteiger partial charge on any atom is 0.334 e. The lowest BCUT2D eigenvalue weighted by molar-refractivity contribution is -0.160. The molecule has 2 rings (SSSR count). The van der Waals surface area contributed by atoms with Crippen molar-refractivity contribution in [2.75, 3.05) is 20.1 Å². The Kier molecular flexibility index (Phi) is 6.05. The molecule has 1 N–H and O–H groups in total. The number of benzene rings is 1. The third-order valence-electron chi connectivity index (χ3n) is 4.31. The Labute approximate surface area is 153 Å². The summed E-state index contributed by atoms with van der Waals surface area (Å²) in [6, 6.07) is 5.56. The zero-order chi connectivity index (χ0) is 19.6. The number of amides is 1. The predicted octanol–water partition coefficient (Wildman–Crippen LogP) is 1.03. The second-order valence-electron chi connectivity index (χ2n) is 6.63. The molecule has 1 aromatic carbocycles. The van der Waals surface area contributed by atoms with E-state index in [1.807, 2.05) is 0 Å². The first kappa shape index (κ1) is 20.3. The molecule has 0 saturated carbocycles. The normalized spacial score (nSPS) is 21.2. The molecule has 1 saturated heterocycles. The van der Waals surface area contributed by atoms with Gasteiger partial charge in [-0.25, -0.2) is 13.2 Å². The zero-order valence-corrected chi connectivity index (χ0v) is 16.1. The number of aliphatic carboxylic acids is 1. The van der Waals surface area contributed by atoms with Gasteiger partial charge >= 0.3 is 5.97 Å². The molecule has 1 aliphatic rings. The van der Waals surface area contributed by atoms with Crippen molar-refractivity contribution in [2.24, 2.45) is 0 Å². The van der Waals surface area contributed by atoms with Crippen molar-refractivity contribution < 1.29 is 27.9 Å². The summed E-state index contributed by atoms with van der Waals surface area (Å²) in [6.07, 6.45) is -1.52. The average molecular weight is 384 g/mol. The van der Waals surface area contributed by atoms with Gasteiger partial charge in [-0.1, -0.05) is 6.07 Å². The Morgan fingerprint density at radius 2 is 1.96 bits per heavy atom. The number of carboxylic acid groups (broad SMARTS) is 1. The van der Waals surface area contributed by atoms with Crippen molar-refractivity contribution in [1.29, 1.82) is 0 Å². The highest BCUT2D eigenvalue weighted by molar-refractivity contribution is 7.89. The van der Waals surface area contributed by atoms with Crippen LogP contribution in [0.25, 0.3) is 0 Å². The van der Waals surface area contributed by atoms with Crippen molar-refractivity contribution in [1.82, 2.24) is 9.21 Å². The third kappa shape index (κ3) is 4.22. The Bertz CT molecular complexity index is 792. The van der Waals surface area contributed by atoms with Crippen molar-refractivity contribution in [3.05, 3.63) is 29.8 Å². The number of ether oxygens (including phenoxy) is 1. The van der Waals surface area contributed by atoms with Gasteiger partial charge in [0.05, 0.1) is 17.5 Å². The zero-order valence-electron chi connectivity index (χ0n) is 15.2. The minimum absolute atomic E-state index is 0.0237. The molecule has 1 amide bonds. The van der Waals surface area contributed by atoms with E-state index in [0.717, 1.165) is 0 Å². The smallest absolute Gasteiger partial charge is 0.334 e. The molecule has 1 aromatic rings. The first-order valence-electron chi connectivity index (χ1n) is 8.29. The topological polar surface area (TPSA) is 104 Å². The number of hydrogen-bond acceptors (Lipinski definition) is 5. The summed E-state index contributed by atoms with van der Waals surface area (Å²) in [7, 11) is -2.23. The number of morpholine rings is 1. The Morgan fingerprint density at radius 3 is 2.54 bits per heavy atom. The molecule has 0 bridgehead atoms. The molecule has 1 aliphatic heterocycles. The molecule has 0 aromatic heterocycles. The van der Waals surface area contributed by atoms with Gasteiger partial charge in [-0.05, 0) is 39.0 Å². The Balaban J connectivity index is 2.29. The van der Waals surface area contributed by atoms with Crippen molar-refractivity contribution in [3.8, 4) is 0 Å². The molecular weight excluding hydrogens is 360 g/mol. The number of carbonyl (C=O) groups excluding carboxylic acids is 1. The summed E-state index contributed by atoms with van der Waals surface area (Å²) in [5, 5.41) is 9.14. The van der Waals surface area contributed by atoms with Gasteiger partial charge in [0.15, 0.2) is 6.10 Å². The van der Waals surface area contributed by atoms with Crippen LogP contribution in [0.1, 0.15) is 31.1 Å². The van der Waals surface area contributed by atoms with Gasteiger partial charge in [-0.2, -0.15) is 4.31 Å². The number of nitrogens with zero attached hydrogens (tertiary/aromatic N) is 2. The van der Waals surface area contributed by atoms with Crippen LogP contribution in [0.3, 0.4) is 0 Å². The summed E-state index contributed by atoms with van der Waals surface area (Å²) in [5.74, 6) is -1.56. The van der Waals surface area contributed by atoms with Crippen molar-refractivity contribution >= 4 is 21.9 Å². The van der Waals surface area contributed by atoms with E-state index in [1.165, 1.54) is 40.5 Å². The fourth-order valence-corrected chi connectivity index (χ4v) is 4.08. The second-order valence-corrected chi connectivity index (χ2v) is 8.62. The first-order chi connectivity index (χ1) is 12.0. The van der Waals surface area contributed by atoms with Crippen molar-refractivity contribution in [2.45, 2.75) is 43.9 Å². The molecule has 0 spiro atoms. The van der Waals surface area contributed by atoms with E-state index in [-0.39, 0.29) is 29.6 Å². The Morgan fingerprint density at radius 1 is 1.31 bits per heavy atom. The Hall–Kier alpha value is -1.97. The minimum atomic E-state index is -3.72. The van der Waals surface area contributed by atoms with Crippen LogP contribution in [-0.2, 0) is 19.6 Å². The monoisotopic (exact) mass is 384 g/mol. The molecule has 1 heterocycles. The fraction of sp³-hybridized carbons (Fsp3) is 0.529. The van der Waals surface area contributed by atoms with Crippen LogP contribution in [0.4, 0.5) is 0 Å². The van der Waals surface area contributed by atoms with Gasteiger partial charge in [-0.15, -0.1) is 0 Å². The molecule has 9 heteroatoms. The summed E-state index contributed by atoms with van der Waals surface area (Å²) in [6.45, 7) is 5.36. The lowest BCUT2D eigenvalue weighted by Gasteiger charge is -2.35. The van der Waals surface area contributed by atoms with Crippen LogP contribution in [0.5, 0.6) is 0 Å². The van der Waals surface area contributed by atoms with E-state index in [2.05, 4.69) is 0 Å². The van der Waals surface area contributed by atoms with E-state index in [4.69, 9.17) is 9.84 Å². The van der Waals surface area contributed by atoms with Gasteiger partial charge < -0.3 is 14.7 Å². The molecule has 1 unspecified atom stereocenters. The van der Waals surface area contributed by atoms with Crippen LogP contribution in [0, 0.1) is 0 Å². The highest BCUT2D eigenvalue weighted by atomic mass is 32.2. The number of carbonyl (C=O) groups is 2. The molecule has 144 valence electrons. The highest BCUT2D eigenvalue weighted by Crippen LogP contribution is 2.20. The quantitative estimate of drug-likeness (QED) is 0.813. The molecule has 2 atom stereocenters. The lowest BCUT2D eigenvalue weighted by atomic mass is 10.1. The minimum Gasteiger partial charge on any atom is -0.479 e. The molecular formula is C17H24N2O6S. The first-order valence-corrected chi connectivity index (χ1v) is 9.73. The largest absolute Gasteiger partial charge is 0.479 e. The van der Waals surface area contributed by atoms with Gasteiger partial charge in [0, 0.05) is 25.2 Å². The van der Waals surface area contributed by atoms with E-state index in [0.29, 0.717) is 0 Å². The number of carboxylic acids is 1. The van der Waals surface area contributed by atoms with E-state index in [1.54, 1.807) is 20.8 Å². The van der Waals surface area contributed by atoms with Crippen LogP contribution in [-0.4, -0.2) is 73.0 Å². The predicted molar refractivity (Wildman–Crippen MR) is 94.4 cm³/mol. The highest BCUT2D eigenvalue weighted by Gasteiger charge is 2.33. The third-order valence-corrected chi connectivity index (χ3v) is 6.34. The van der Waals surface area contributed by atoms with Crippen LogP contribution in [0.15, 0.2) is 29.2 Å². The molecule has 0 aliphatic carbocycles. The SMILES string of the molecule is CC(C)N(C)S(=O)(=O)c1cccc(C(=O)N2CC(C(=O)O)O[C@H](C)C2)c1. The van der Waals surface area contributed by atoms with Crippen LogP contribution >= 0.6 is 0 Å². The number of rotatable bonds is 5. The average Bonchev–Trinajstić information content (AvgIpc) is 2.59. The van der Waals surface area contributed by atoms with Crippen LogP contribution in [0.2, 0.25) is 0 Å². The van der Waals surface area contributed by atoms with Crippen LogP contribution < -0.4 is 0 Å². The fourth-order valence-electron chi connectivity index (χ4n) is 2.67. The molecule has 8 nitrogen and oxygen atoms in total.